The molecule has 0 saturated carbocycles. The first-order valence-corrected chi connectivity index (χ1v) is 10.6. The maximum Gasteiger partial charge on any atom is 0.276 e. The fourth-order valence-electron chi connectivity index (χ4n) is 3.02. The summed E-state index contributed by atoms with van der Waals surface area (Å²) >= 11 is 3.47. The summed E-state index contributed by atoms with van der Waals surface area (Å²) in [5.74, 6) is 0.408. The van der Waals surface area contributed by atoms with Gasteiger partial charge in [-0.15, -0.1) is 0 Å². The standard InChI is InChI=1S/C24H23BrN2O6/c1-30-20-12-17(13-21(31-2)23(20)32-3)24(29)27-26-22(28)14-33-19-10-9-16(11-18(19)25)15-7-5-4-6-8-15/h4-13H,14H2,1-3H3,(H,26,28)(H,27,29). The molecule has 0 fully saturated rings. The van der Waals surface area contributed by atoms with Crippen molar-refractivity contribution in [3.05, 3.63) is 70.7 Å². The maximum atomic E-state index is 12.5. The average Bonchev–Trinajstić information content (AvgIpc) is 2.85. The van der Waals surface area contributed by atoms with Gasteiger partial charge in [0.2, 0.25) is 5.75 Å². The molecule has 172 valence electrons. The van der Waals surface area contributed by atoms with E-state index >= 15 is 0 Å². The van der Waals surface area contributed by atoms with Gasteiger partial charge in [-0.2, -0.15) is 0 Å². The zero-order chi connectivity index (χ0) is 23.8. The van der Waals surface area contributed by atoms with Crippen molar-refractivity contribution >= 4 is 27.7 Å². The quantitative estimate of drug-likeness (QED) is 0.441. The van der Waals surface area contributed by atoms with Gasteiger partial charge in [-0.05, 0) is 51.3 Å². The zero-order valence-corrected chi connectivity index (χ0v) is 19.9. The highest BCUT2D eigenvalue weighted by Crippen LogP contribution is 2.38. The minimum atomic E-state index is -0.559. The number of methoxy groups -OCH3 is 3. The van der Waals surface area contributed by atoms with E-state index in [4.69, 9.17) is 18.9 Å². The predicted molar refractivity (Wildman–Crippen MR) is 127 cm³/mol. The molecule has 0 aliphatic heterocycles. The van der Waals surface area contributed by atoms with Crippen molar-refractivity contribution in [2.75, 3.05) is 27.9 Å². The molecule has 0 aliphatic carbocycles. The zero-order valence-electron chi connectivity index (χ0n) is 18.3. The Morgan fingerprint density at radius 3 is 2.03 bits per heavy atom. The van der Waals surface area contributed by atoms with Crippen molar-refractivity contribution in [1.82, 2.24) is 10.9 Å². The normalized spacial score (nSPS) is 10.2. The number of carbonyl (C=O) groups is 2. The fourth-order valence-corrected chi connectivity index (χ4v) is 3.51. The lowest BCUT2D eigenvalue weighted by Crippen LogP contribution is -2.43. The summed E-state index contributed by atoms with van der Waals surface area (Å²) in [6, 6.07) is 18.4. The van der Waals surface area contributed by atoms with Crippen LogP contribution in [0.25, 0.3) is 11.1 Å². The summed E-state index contributed by atoms with van der Waals surface area (Å²) < 4.78 is 22.0. The summed E-state index contributed by atoms with van der Waals surface area (Å²) in [5.41, 5.74) is 6.95. The van der Waals surface area contributed by atoms with E-state index in [1.807, 2.05) is 42.5 Å². The molecule has 0 unspecified atom stereocenters. The number of nitrogens with one attached hydrogen (secondary N) is 2. The van der Waals surface area contributed by atoms with E-state index in [-0.39, 0.29) is 12.2 Å². The molecular weight excluding hydrogens is 492 g/mol. The van der Waals surface area contributed by atoms with E-state index in [9.17, 15) is 9.59 Å². The molecule has 0 spiro atoms. The van der Waals surface area contributed by atoms with Gasteiger partial charge in [-0.3, -0.25) is 20.4 Å². The molecule has 8 nitrogen and oxygen atoms in total. The van der Waals surface area contributed by atoms with E-state index in [0.717, 1.165) is 11.1 Å². The Labute approximate surface area is 199 Å². The molecule has 0 radical (unpaired) electrons. The summed E-state index contributed by atoms with van der Waals surface area (Å²) in [6.07, 6.45) is 0. The van der Waals surface area contributed by atoms with Crippen LogP contribution in [0.5, 0.6) is 23.0 Å². The van der Waals surface area contributed by atoms with Crippen LogP contribution in [0.1, 0.15) is 10.4 Å². The first kappa shape index (κ1) is 23.9. The third kappa shape index (κ3) is 5.95. The Bertz CT molecular complexity index is 1110. The molecule has 3 aromatic carbocycles. The minimum Gasteiger partial charge on any atom is -0.493 e. The van der Waals surface area contributed by atoms with Gasteiger partial charge in [0.05, 0.1) is 25.8 Å². The van der Waals surface area contributed by atoms with Crippen molar-refractivity contribution in [2.45, 2.75) is 0 Å². The van der Waals surface area contributed by atoms with Crippen molar-refractivity contribution in [1.29, 1.82) is 0 Å². The van der Waals surface area contributed by atoms with E-state index in [0.29, 0.717) is 27.5 Å². The molecule has 0 heterocycles. The smallest absolute Gasteiger partial charge is 0.276 e. The first-order valence-electron chi connectivity index (χ1n) is 9.83. The third-order valence-corrected chi connectivity index (χ3v) is 5.26. The molecule has 9 heteroatoms. The number of amides is 2. The van der Waals surface area contributed by atoms with Crippen molar-refractivity contribution in [3.8, 4) is 34.1 Å². The van der Waals surface area contributed by atoms with Gasteiger partial charge in [0.15, 0.2) is 18.1 Å². The Hall–Kier alpha value is -3.72. The second kappa shape index (κ2) is 11.2. The molecule has 0 aromatic heterocycles. The molecule has 0 bridgehead atoms. The summed E-state index contributed by atoms with van der Waals surface area (Å²) in [6.45, 7) is -0.293. The molecule has 33 heavy (non-hydrogen) atoms. The number of hydrazine groups is 1. The molecule has 2 amide bonds. The number of hydrogen-bond acceptors (Lipinski definition) is 6. The van der Waals surface area contributed by atoms with Crippen molar-refractivity contribution < 1.29 is 28.5 Å². The number of hydrogen-bond donors (Lipinski definition) is 2. The monoisotopic (exact) mass is 514 g/mol. The van der Waals surface area contributed by atoms with Gasteiger partial charge in [0, 0.05) is 5.56 Å². The summed E-state index contributed by atoms with van der Waals surface area (Å²) in [4.78, 5) is 24.6. The van der Waals surface area contributed by atoms with Crippen LogP contribution in [0.4, 0.5) is 0 Å². The van der Waals surface area contributed by atoms with E-state index in [2.05, 4.69) is 26.8 Å². The predicted octanol–water partition coefficient (Wildman–Crippen LogP) is 3.98. The van der Waals surface area contributed by atoms with Gasteiger partial charge in [0.1, 0.15) is 5.75 Å². The Morgan fingerprint density at radius 1 is 0.788 bits per heavy atom. The van der Waals surface area contributed by atoms with Gasteiger partial charge >= 0.3 is 0 Å². The Kier molecular flexibility index (Phi) is 8.15. The number of benzene rings is 3. The van der Waals surface area contributed by atoms with Gasteiger partial charge in [0.25, 0.3) is 11.8 Å². The summed E-state index contributed by atoms with van der Waals surface area (Å²) in [5, 5.41) is 0. The maximum absolute atomic E-state index is 12.5. The van der Waals surface area contributed by atoms with E-state index in [1.54, 1.807) is 6.07 Å². The highest BCUT2D eigenvalue weighted by atomic mass is 79.9. The van der Waals surface area contributed by atoms with Gasteiger partial charge in [-0.1, -0.05) is 36.4 Å². The molecule has 0 saturated heterocycles. The number of carbonyl (C=O) groups excluding carboxylic acids is 2. The highest BCUT2D eigenvalue weighted by Gasteiger charge is 2.17. The molecule has 3 aromatic rings. The van der Waals surface area contributed by atoms with Gasteiger partial charge < -0.3 is 18.9 Å². The largest absolute Gasteiger partial charge is 0.493 e. The van der Waals surface area contributed by atoms with Crippen LogP contribution >= 0.6 is 15.9 Å². The first-order chi connectivity index (χ1) is 16.0. The second-order valence-corrected chi connectivity index (χ2v) is 7.57. The topological polar surface area (TPSA) is 95.1 Å². The lowest BCUT2D eigenvalue weighted by Gasteiger charge is -2.14. The van der Waals surface area contributed by atoms with Crippen molar-refractivity contribution in [3.63, 3.8) is 0 Å². The minimum absolute atomic E-state index is 0.213. The second-order valence-electron chi connectivity index (χ2n) is 6.72. The number of ether oxygens (including phenoxy) is 4. The third-order valence-electron chi connectivity index (χ3n) is 4.64. The van der Waals surface area contributed by atoms with Crippen LogP contribution in [0.15, 0.2) is 65.1 Å². The fraction of sp³-hybridized carbons (Fsp3) is 0.167. The molecule has 0 atom stereocenters. The average molecular weight is 515 g/mol. The Balaban J connectivity index is 1.57. The summed E-state index contributed by atoms with van der Waals surface area (Å²) in [7, 11) is 4.36. The van der Waals surface area contributed by atoms with Crippen LogP contribution in [-0.4, -0.2) is 39.8 Å². The molecular formula is C24H23BrN2O6. The van der Waals surface area contributed by atoms with Crippen LogP contribution in [0.2, 0.25) is 0 Å². The van der Waals surface area contributed by atoms with Crippen LogP contribution in [0, 0.1) is 0 Å². The number of halogens is 1. The van der Waals surface area contributed by atoms with Gasteiger partial charge in [-0.25, -0.2) is 0 Å². The van der Waals surface area contributed by atoms with E-state index < -0.39 is 11.8 Å². The van der Waals surface area contributed by atoms with Crippen LogP contribution in [0.3, 0.4) is 0 Å². The molecule has 0 aliphatic rings. The lowest BCUT2D eigenvalue weighted by molar-refractivity contribution is -0.123. The SMILES string of the molecule is COc1cc(C(=O)NNC(=O)COc2ccc(-c3ccccc3)cc2Br)cc(OC)c1OC. The van der Waals surface area contributed by atoms with Crippen molar-refractivity contribution in [2.24, 2.45) is 0 Å². The highest BCUT2D eigenvalue weighted by molar-refractivity contribution is 9.10. The van der Waals surface area contributed by atoms with Crippen LogP contribution < -0.4 is 29.8 Å². The molecule has 2 N–H and O–H groups in total. The lowest BCUT2D eigenvalue weighted by atomic mass is 10.1. The van der Waals surface area contributed by atoms with Crippen LogP contribution in [-0.2, 0) is 4.79 Å². The Morgan fingerprint density at radius 2 is 1.45 bits per heavy atom. The van der Waals surface area contributed by atoms with E-state index in [1.165, 1.54) is 33.5 Å². The number of rotatable bonds is 8. The molecule has 3 rings (SSSR count).